The van der Waals surface area contributed by atoms with E-state index in [0.29, 0.717) is 12.3 Å². The van der Waals surface area contributed by atoms with Gasteiger partial charge < -0.3 is 0 Å². The van der Waals surface area contributed by atoms with Gasteiger partial charge >= 0.3 is 0 Å². The number of nitrogens with zero attached hydrogens (tertiary/aromatic N) is 1. The molecule has 18 heavy (non-hydrogen) atoms. The molecular weight excluding hydrogens is 226 g/mol. The molecule has 0 aromatic heterocycles. The van der Waals surface area contributed by atoms with Gasteiger partial charge in [0.2, 0.25) is 5.91 Å². The van der Waals surface area contributed by atoms with Gasteiger partial charge in [-0.05, 0) is 55.4 Å². The van der Waals surface area contributed by atoms with Crippen molar-refractivity contribution in [2.75, 3.05) is 0 Å². The number of carbonyl (C=O) groups excluding carboxylic acids is 2. The van der Waals surface area contributed by atoms with Gasteiger partial charge in [0.1, 0.15) is 0 Å². The summed E-state index contributed by atoms with van der Waals surface area (Å²) in [4.78, 5) is 25.3. The van der Waals surface area contributed by atoms with Gasteiger partial charge in [0.05, 0.1) is 12.0 Å². The quantitative estimate of drug-likeness (QED) is 0.524. The number of rotatable bonds is 1. The predicted octanol–water partition coefficient (Wildman–Crippen LogP) is 2.13. The first kappa shape index (κ1) is 10.8. The molecular formula is C15H19NO2. The Bertz CT molecular complexity index is 457. The van der Waals surface area contributed by atoms with E-state index in [1.165, 1.54) is 31.8 Å². The summed E-state index contributed by atoms with van der Waals surface area (Å²) in [5, 5.41) is 0. The monoisotopic (exact) mass is 245 g/mol. The molecule has 5 unspecified atom stereocenters. The fourth-order valence-corrected chi connectivity index (χ4v) is 5.71. The van der Waals surface area contributed by atoms with Crippen molar-refractivity contribution in [3.05, 3.63) is 12.7 Å². The average molecular weight is 245 g/mol. The molecule has 5 atom stereocenters. The van der Waals surface area contributed by atoms with E-state index in [0.717, 1.165) is 24.2 Å². The smallest absolute Gasteiger partial charge is 0.253 e. The largest absolute Gasteiger partial charge is 0.274 e. The fraction of sp³-hybridized carbons (Fsp3) is 0.733. The lowest BCUT2D eigenvalue weighted by molar-refractivity contribution is -0.173. The number of likely N-dealkylation sites (tertiary alicyclic amines) is 1. The third-order valence-electron chi connectivity index (χ3n) is 6.16. The van der Waals surface area contributed by atoms with Crippen LogP contribution >= 0.6 is 0 Å². The van der Waals surface area contributed by atoms with Gasteiger partial charge in [0.15, 0.2) is 0 Å². The number of β-lactam (4-membered cyclic amide) rings is 1. The van der Waals surface area contributed by atoms with Crippen molar-refractivity contribution in [1.29, 1.82) is 0 Å². The first-order valence-corrected chi connectivity index (χ1v) is 7.17. The highest BCUT2D eigenvalue weighted by Gasteiger charge is 2.69. The van der Waals surface area contributed by atoms with Gasteiger partial charge in [-0.15, -0.1) is 0 Å². The van der Waals surface area contributed by atoms with Crippen LogP contribution in [0.25, 0.3) is 0 Å². The summed E-state index contributed by atoms with van der Waals surface area (Å²) in [7, 11) is 0. The van der Waals surface area contributed by atoms with Crippen LogP contribution in [-0.2, 0) is 9.59 Å². The lowest BCUT2D eigenvalue weighted by Crippen LogP contribution is -2.69. The minimum Gasteiger partial charge on any atom is -0.274 e. The number of hydrogen-bond donors (Lipinski definition) is 0. The van der Waals surface area contributed by atoms with Crippen molar-refractivity contribution in [3.63, 3.8) is 0 Å². The van der Waals surface area contributed by atoms with Crippen molar-refractivity contribution in [2.45, 2.75) is 44.1 Å². The molecule has 1 spiro atoms. The highest BCUT2D eigenvalue weighted by molar-refractivity contribution is 6.06. The number of amides is 2. The zero-order valence-electron chi connectivity index (χ0n) is 10.6. The molecule has 4 fully saturated rings. The zero-order valence-corrected chi connectivity index (χ0v) is 10.6. The summed E-state index contributed by atoms with van der Waals surface area (Å²) in [6.07, 6.45) is 8.28. The first-order valence-electron chi connectivity index (χ1n) is 7.17. The maximum absolute atomic E-state index is 11.9. The highest BCUT2D eigenvalue weighted by atomic mass is 16.2. The lowest BCUT2D eigenvalue weighted by Gasteiger charge is -2.55. The van der Waals surface area contributed by atoms with Gasteiger partial charge in [-0.1, -0.05) is 13.0 Å². The molecule has 2 amide bonds. The zero-order chi connectivity index (χ0) is 12.5. The minimum absolute atomic E-state index is 0.0157. The van der Waals surface area contributed by atoms with Crippen molar-refractivity contribution >= 4 is 11.8 Å². The van der Waals surface area contributed by atoms with Crippen LogP contribution in [0.15, 0.2) is 12.7 Å². The standard InChI is InChI=1S/C15H19NO2/c1-2-13(17)16-14(18)8-15(16)7-9-6-12(15)11-5-3-4-10(9)11/h2,9-12H,1,3-8H2. The Balaban J connectivity index is 1.68. The molecule has 96 valence electrons. The van der Waals surface area contributed by atoms with Gasteiger partial charge in [-0.25, -0.2) is 0 Å². The molecule has 0 aromatic rings. The summed E-state index contributed by atoms with van der Waals surface area (Å²) >= 11 is 0. The van der Waals surface area contributed by atoms with Crippen LogP contribution in [0.4, 0.5) is 0 Å². The van der Waals surface area contributed by atoms with E-state index in [-0.39, 0.29) is 17.4 Å². The van der Waals surface area contributed by atoms with E-state index in [1.807, 2.05) is 0 Å². The van der Waals surface area contributed by atoms with Crippen molar-refractivity contribution in [1.82, 2.24) is 4.90 Å². The summed E-state index contributed by atoms with van der Waals surface area (Å²) in [5.41, 5.74) is -0.0987. The van der Waals surface area contributed by atoms with Crippen LogP contribution in [0.2, 0.25) is 0 Å². The summed E-state index contributed by atoms with van der Waals surface area (Å²) in [6.45, 7) is 3.54. The minimum atomic E-state index is -0.173. The normalized spacial score (nSPS) is 48.4. The second-order valence-corrected chi connectivity index (χ2v) is 6.62. The third-order valence-corrected chi connectivity index (χ3v) is 6.16. The maximum atomic E-state index is 11.9. The Morgan fingerprint density at radius 2 is 2.17 bits per heavy atom. The van der Waals surface area contributed by atoms with E-state index >= 15 is 0 Å². The van der Waals surface area contributed by atoms with Crippen LogP contribution in [0.1, 0.15) is 38.5 Å². The number of carbonyl (C=O) groups is 2. The molecule has 4 rings (SSSR count). The summed E-state index contributed by atoms with van der Waals surface area (Å²) < 4.78 is 0. The average Bonchev–Trinajstić information content (AvgIpc) is 2.98. The van der Waals surface area contributed by atoms with E-state index in [1.54, 1.807) is 4.90 Å². The molecule has 4 aliphatic rings. The molecule has 1 aliphatic heterocycles. The molecule has 2 bridgehead atoms. The Hall–Kier alpha value is -1.12. The molecule has 1 heterocycles. The molecule has 3 nitrogen and oxygen atoms in total. The molecule has 1 saturated heterocycles. The van der Waals surface area contributed by atoms with Crippen LogP contribution in [-0.4, -0.2) is 22.3 Å². The van der Waals surface area contributed by atoms with Gasteiger partial charge in [-0.3, -0.25) is 14.5 Å². The summed E-state index contributed by atoms with van der Waals surface area (Å²) in [5.74, 6) is 2.90. The van der Waals surface area contributed by atoms with E-state index in [2.05, 4.69) is 6.58 Å². The Kier molecular flexibility index (Phi) is 1.95. The van der Waals surface area contributed by atoms with E-state index in [4.69, 9.17) is 0 Å². The Morgan fingerprint density at radius 1 is 1.39 bits per heavy atom. The van der Waals surface area contributed by atoms with Gasteiger partial charge in [0, 0.05) is 0 Å². The van der Waals surface area contributed by atoms with Gasteiger partial charge in [0.25, 0.3) is 5.91 Å². The molecule has 0 radical (unpaired) electrons. The maximum Gasteiger partial charge on any atom is 0.253 e. The molecule has 3 heteroatoms. The number of hydrogen-bond acceptors (Lipinski definition) is 2. The highest BCUT2D eigenvalue weighted by Crippen LogP contribution is 2.67. The molecule has 3 aliphatic carbocycles. The third kappa shape index (κ3) is 1.03. The van der Waals surface area contributed by atoms with Crippen molar-refractivity contribution in [2.24, 2.45) is 23.7 Å². The van der Waals surface area contributed by atoms with E-state index < -0.39 is 0 Å². The molecule has 0 aromatic carbocycles. The topological polar surface area (TPSA) is 37.4 Å². The van der Waals surface area contributed by atoms with Crippen LogP contribution in [0.3, 0.4) is 0 Å². The second kappa shape index (κ2) is 3.25. The Labute approximate surface area is 107 Å². The van der Waals surface area contributed by atoms with Crippen molar-refractivity contribution < 1.29 is 9.59 Å². The molecule has 0 N–H and O–H groups in total. The van der Waals surface area contributed by atoms with Crippen LogP contribution in [0.5, 0.6) is 0 Å². The van der Waals surface area contributed by atoms with Crippen LogP contribution < -0.4 is 0 Å². The Morgan fingerprint density at radius 3 is 2.89 bits per heavy atom. The van der Waals surface area contributed by atoms with Crippen molar-refractivity contribution in [3.8, 4) is 0 Å². The van der Waals surface area contributed by atoms with Crippen LogP contribution in [0, 0.1) is 23.7 Å². The first-order chi connectivity index (χ1) is 8.67. The summed E-state index contributed by atoms with van der Waals surface area (Å²) in [6, 6.07) is 0. The van der Waals surface area contributed by atoms with E-state index in [9.17, 15) is 9.59 Å². The van der Waals surface area contributed by atoms with Gasteiger partial charge in [-0.2, -0.15) is 0 Å². The molecule has 3 saturated carbocycles. The fourth-order valence-electron chi connectivity index (χ4n) is 5.71. The lowest BCUT2D eigenvalue weighted by atomic mass is 9.64. The SMILES string of the molecule is C=CC(=O)N1C(=O)CC12CC1CC2C2CCCC12. The number of imide groups is 1. The number of fused-ring (bicyclic) bond motifs is 6. The predicted molar refractivity (Wildman–Crippen MR) is 66.4 cm³/mol. The second-order valence-electron chi connectivity index (χ2n) is 6.62.